The van der Waals surface area contributed by atoms with Crippen molar-refractivity contribution in [1.29, 1.82) is 0 Å². The van der Waals surface area contributed by atoms with Gasteiger partial charge >= 0.3 is 0 Å². The highest BCUT2D eigenvalue weighted by Gasteiger charge is 2.06. The highest BCUT2D eigenvalue weighted by atomic mass is 32.1. The van der Waals surface area contributed by atoms with Crippen molar-refractivity contribution in [1.82, 2.24) is 0 Å². The van der Waals surface area contributed by atoms with Gasteiger partial charge in [0.05, 0.1) is 6.10 Å². The summed E-state index contributed by atoms with van der Waals surface area (Å²) in [6.45, 7) is 0. The molecule has 1 heterocycles. The van der Waals surface area contributed by atoms with Crippen molar-refractivity contribution in [2.75, 3.05) is 0 Å². The fourth-order valence-corrected chi connectivity index (χ4v) is 2.73. The predicted molar refractivity (Wildman–Crippen MR) is 73.4 cm³/mol. The lowest BCUT2D eigenvalue weighted by molar-refractivity contribution is 0.163. The lowest BCUT2D eigenvalue weighted by Crippen LogP contribution is -2.09. The molecule has 0 saturated carbocycles. The largest absolute Gasteiger partial charge is 0.393 e. The number of benzene rings is 1. The number of hydrogen-bond acceptors (Lipinski definition) is 2. The zero-order valence-electron chi connectivity index (χ0n) is 9.88. The molecule has 0 spiro atoms. The van der Waals surface area contributed by atoms with Crippen LogP contribution in [-0.4, -0.2) is 11.2 Å². The van der Waals surface area contributed by atoms with Gasteiger partial charge in [0.25, 0.3) is 0 Å². The van der Waals surface area contributed by atoms with Crippen LogP contribution in [0.25, 0.3) is 0 Å². The summed E-state index contributed by atoms with van der Waals surface area (Å²) in [6, 6.07) is 14.6. The summed E-state index contributed by atoms with van der Waals surface area (Å²) in [4.78, 5) is 1.28. The van der Waals surface area contributed by atoms with E-state index in [1.807, 2.05) is 12.1 Å². The molecular formula is C15H18OS. The Morgan fingerprint density at radius 3 is 2.59 bits per heavy atom. The lowest BCUT2D eigenvalue weighted by atomic mass is 10.0. The fourth-order valence-electron chi connectivity index (χ4n) is 1.95. The van der Waals surface area contributed by atoms with Crippen LogP contribution in [0.15, 0.2) is 47.8 Å². The van der Waals surface area contributed by atoms with Crippen LogP contribution in [0.2, 0.25) is 0 Å². The van der Waals surface area contributed by atoms with E-state index in [-0.39, 0.29) is 6.10 Å². The molecule has 2 heteroatoms. The highest BCUT2D eigenvalue weighted by Crippen LogP contribution is 2.14. The normalized spacial score (nSPS) is 12.5. The molecule has 1 aromatic carbocycles. The second kappa shape index (κ2) is 6.58. The summed E-state index contributed by atoms with van der Waals surface area (Å²) in [5.41, 5.74) is 1.36. The first-order chi connectivity index (χ1) is 8.34. The van der Waals surface area contributed by atoms with Crippen LogP contribution < -0.4 is 0 Å². The molecule has 2 aromatic rings. The topological polar surface area (TPSA) is 20.2 Å². The third-order valence-electron chi connectivity index (χ3n) is 2.86. The van der Waals surface area contributed by atoms with E-state index in [0.29, 0.717) is 0 Å². The Balaban J connectivity index is 1.68. The highest BCUT2D eigenvalue weighted by molar-refractivity contribution is 7.09. The fraction of sp³-hybridized carbons (Fsp3) is 0.333. The summed E-state index contributed by atoms with van der Waals surface area (Å²) < 4.78 is 0. The summed E-state index contributed by atoms with van der Waals surface area (Å²) in [7, 11) is 0. The Hall–Kier alpha value is -1.12. The van der Waals surface area contributed by atoms with Crippen molar-refractivity contribution in [3.63, 3.8) is 0 Å². The molecular weight excluding hydrogens is 228 g/mol. The van der Waals surface area contributed by atoms with Crippen LogP contribution in [0.4, 0.5) is 0 Å². The van der Waals surface area contributed by atoms with Gasteiger partial charge in [-0.3, -0.25) is 0 Å². The quantitative estimate of drug-likeness (QED) is 0.824. The van der Waals surface area contributed by atoms with Gasteiger partial charge in [-0.25, -0.2) is 0 Å². The van der Waals surface area contributed by atoms with Crippen molar-refractivity contribution < 1.29 is 5.11 Å². The van der Waals surface area contributed by atoms with Gasteiger partial charge in [-0.1, -0.05) is 36.4 Å². The molecule has 2 rings (SSSR count). The van der Waals surface area contributed by atoms with E-state index in [0.717, 1.165) is 25.7 Å². The molecule has 0 aliphatic heterocycles. The molecule has 1 nitrogen and oxygen atoms in total. The zero-order chi connectivity index (χ0) is 11.9. The zero-order valence-corrected chi connectivity index (χ0v) is 10.7. The van der Waals surface area contributed by atoms with E-state index < -0.39 is 0 Å². The minimum Gasteiger partial charge on any atom is -0.393 e. The molecule has 1 atom stereocenters. The van der Waals surface area contributed by atoms with Gasteiger partial charge < -0.3 is 5.11 Å². The maximum atomic E-state index is 9.91. The molecule has 90 valence electrons. The molecule has 0 saturated heterocycles. The van der Waals surface area contributed by atoms with Gasteiger partial charge in [-0.2, -0.15) is 0 Å². The summed E-state index contributed by atoms with van der Waals surface area (Å²) >= 11 is 1.72. The van der Waals surface area contributed by atoms with Crippen LogP contribution in [0.3, 0.4) is 0 Å². The Kier molecular flexibility index (Phi) is 4.77. The van der Waals surface area contributed by atoms with Gasteiger partial charge in [0, 0.05) is 11.3 Å². The number of aryl methyl sites for hydroxylation is 1. The molecule has 0 aliphatic rings. The standard InChI is InChI=1S/C15H18OS/c16-14(12-15-10-5-11-17-15)9-4-8-13-6-2-1-3-7-13/h1-3,5-7,10-11,14,16H,4,8-9,12H2. The molecule has 0 fully saturated rings. The first-order valence-electron chi connectivity index (χ1n) is 6.09. The van der Waals surface area contributed by atoms with E-state index in [2.05, 4.69) is 35.7 Å². The maximum Gasteiger partial charge on any atom is 0.0588 e. The van der Waals surface area contributed by atoms with Crippen molar-refractivity contribution in [3.8, 4) is 0 Å². The van der Waals surface area contributed by atoms with E-state index in [1.54, 1.807) is 11.3 Å². The Bertz CT molecular complexity index is 408. The van der Waals surface area contributed by atoms with Crippen LogP contribution in [0, 0.1) is 0 Å². The second-order valence-electron chi connectivity index (χ2n) is 4.32. The van der Waals surface area contributed by atoms with Crippen molar-refractivity contribution >= 4 is 11.3 Å². The number of hydrogen-bond donors (Lipinski definition) is 1. The van der Waals surface area contributed by atoms with Crippen molar-refractivity contribution in [2.24, 2.45) is 0 Å². The first kappa shape index (κ1) is 12.3. The molecule has 1 N–H and O–H groups in total. The van der Waals surface area contributed by atoms with Crippen LogP contribution in [-0.2, 0) is 12.8 Å². The Morgan fingerprint density at radius 2 is 1.88 bits per heavy atom. The van der Waals surface area contributed by atoms with E-state index >= 15 is 0 Å². The number of thiophene rings is 1. The summed E-state index contributed by atoms with van der Waals surface area (Å²) in [6.07, 6.45) is 3.59. The third kappa shape index (κ3) is 4.33. The first-order valence-corrected chi connectivity index (χ1v) is 6.97. The van der Waals surface area contributed by atoms with Gasteiger partial charge in [0.2, 0.25) is 0 Å². The molecule has 17 heavy (non-hydrogen) atoms. The van der Waals surface area contributed by atoms with Gasteiger partial charge in [-0.15, -0.1) is 11.3 Å². The molecule has 1 unspecified atom stereocenters. The monoisotopic (exact) mass is 246 g/mol. The smallest absolute Gasteiger partial charge is 0.0588 e. The average Bonchev–Trinajstić information content (AvgIpc) is 2.83. The molecule has 0 aliphatic carbocycles. The Labute approximate surface area is 107 Å². The van der Waals surface area contributed by atoms with E-state index in [1.165, 1.54) is 10.4 Å². The summed E-state index contributed by atoms with van der Waals surface area (Å²) in [5.74, 6) is 0. The minimum absolute atomic E-state index is 0.197. The van der Waals surface area contributed by atoms with Gasteiger partial charge in [0.1, 0.15) is 0 Å². The van der Waals surface area contributed by atoms with Crippen molar-refractivity contribution in [3.05, 3.63) is 58.3 Å². The number of rotatable bonds is 6. The van der Waals surface area contributed by atoms with E-state index in [4.69, 9.17) is 0 Å². The minimum atomic E-state index is -0.197. The van der Waals surface area contributed by atoms with Gasteiger partial charge in [0.15, 0.2) is 0 Å². The maximum absolute atomic E-state index is 9.91. The van der Waals surface area contributed by atoms with Gasteiger partial charge in [-0.05, 0) is 36.3 Å². The van der Waals surface area contributed by atoms with Crippen molar-refractivity contribution in [2.45, 2.75) is 31.8 Å². The lowest BCUT2D eigenvalue weighted by Gasteiger charge is -2.09. The van der Waals surface area contributed by atoms with E-state index in [9.17, 15) is 5.11 Å². The van der Waals surface area contributed by atoms with Crippen LogP contribution in [0.5, 0.6) is 0 Å². The summed E-state index contributed by atoms with van der Waals surface area (Å²) in [5, 5.41) is 12.0. The molecule has 0 bridgehead atoms. The third-order valence-corrected chi connectivity index (χ3v) is 3.76. The Morgan fingerprint density at radius 1 is 1.06 bits per heavy atom. The number of aliphatic hydroxyl groups excluding tert-OH is 1. The SMILES string of the molecule is OC(CCCc1ccccc1)Cc1cccs1. The molecule has 1 aromatic heterocycles. The van der Waals surface area contributed by atoms with Crippen LogP contribution >= 0.6 is 11.3 Å². The van der Waals surface area contributed by atoms with Crippen LogP contribution in [0.1, 0.15) is 23.3 Å². The second-order valence-corrected chi connectivity index (χ2v) is 5.35. The number of aliphatic hydroxyl groups is 1. The predicted octanol–water partition coefficient (Wildman–Crippen LogP) is 3.67. The molecule has 0 radical (unpaired) electrons. The average molecular weight is 246 g/mol. The molecule has 0 amide bonds.